The Hall–Kier alpha value is -1.67. The molecule has 1 spiro atoms. The van der Waals surface area contributed by atoms with Crippen molar-refractivity contribution in [2.45, 2.75) is 50.2 Å². The molecule has 0 aromatic heterocycles. The van der Waals surface area contributed by atoms with E-state index in [0.717, 1.165) is 22.8 Å². The number of nitrogens with zero attached hydrogens (tertiary/aromatic N) is 1. The summed E-state index contributed by atoms with van der Waals surface area (Å²) in [7, 11) is 0. The second kappa shape index (κ2) is 8.11. The summed E-state index contributed by atoms with van der Waals surface area (Å²) in [5, 5.41) is 2.89. The number of amides is 3. The Morgan fingerprint density at radius 2 is 1.83 bits per heavy atom. The lowest BCUT2D eigenvalue weighted by molar-refractivity contribution is -0.142. The third kappa shape index (κ3) is 4.35. The second-order valence-electron chi connectivity index (χ2n) is 9.37. The molecule has 8 heteroatoms. The summed E-state index contributed by atoms with van der Waals surface area (Å²) in [4.78, 5) is 39.1. The van der Waals surface area contributed by atoms with Gasteiger partial charge in [0.05, 0.1) is 4.58 Å². The fourth-order valence-corrected chi connectivity index (χ4v) is 8.05. The SMILES string of the molecule is CC1CC(C)(C)CC2(C1)NC(=O)N(CC(=O)Oc1ccc(C3SCCS3)cc1)C2=O. The van der Waals surface area contributed by atoms with Crippen LogP contribution in [0.4, 0.5) is 4.79 Å². The second-order valence-corrected chi connectivity index (χ2v) is 12.1. The van der Waals surface area contributed by atoms with Crippen molar-refractivity contribution in [2.75, 3.05) is 18.1 Å². The normalized spacial score (nSPS) is 28.8. The van der Waals surface area contributed by atoms with Gasteiger partial charge in [-0.05, 0) is 48.3 Å². The number of nitrogens with one attached hydrogen (secondary N) is 1. The molecule has 0 radical (unpaired) electrons. The molecule has 3 aliphatic rings. The number of carbonyl (C=O) groups is 3. The fourth-order valence-electron chi connectivity index (χ4n) is 5.19. The van der Waals surface area contributed by atoms with Crippen molar-refractivity contribution >= 4 is 41.4 Å². The van der Waals surface area contributed by atoms with Gasteiger partial charge in [-0.15, -0.1) is 23.5 Å². The number of ether oxygens (including phenoxy) is 1. The minimum atomic E-state index is -0.906. The van der Waals surface area contributed by atoms with E-state index in [1.807, 2.05) is 35.7 Å². The molecule has 2 unspecified atom stereocenters. The molecule has 2 aliphatic heterocycles. The molecule has 1 saturated carbocycles. The summed E-state index contributed by atoms with van der Waals surface area (Å²) in [6.45, 7) is 5.96. The largest absolute Gasteiger partial charge is 0.425 e. The zero-order valence-electron chi connectivity index (χ0n) is 17.6. The van der Waals surface area contributed by atoms with Crippen LogP contribution in [0.15, 0.2) is 24.3 Å². The molecule has 2 atom stereocenters. The van der Waals surface area contributed by atoms with Gasteiger partial charge in [-0.25, -0.2) is 9.59 Å². The van der Waals surface area contributed by atoms with E-state index in [1.54, 1.807) is 12.1 Å². The summed E-state index contributed by atoms with van der Waals surface area (Å²) in [5.74, 6) is 2.11. The number of imide groups is 1. The summed E-state index contributed by atoms with van der Waals surface area (Å²) >= 11 is 3.83. The molecular weight excluding hydrogens is 420 g/mol. The van der Waals surface area contributed by atoms with Gasteiger partial charge in [-0.1, -0.05) is 32.9 Å². The molecule has 1 aromatic rings. The van der Waals surface area contributed by atoms with Crippen LogP contribution in [-0.4, -0.2) is 46.4 Å². The summed E-state index contributed by atoms with van der Waals surface area (Å²) in [5.41, 5.74) is 0.248. The number of urea groups is 1. The topological polar surface area (TPSA) is 75.7 Å². The molecule has 6 nitrogen and oxygen atoms in total. The van der Waals surface area contributed by atoms with E-state index in [-0.39, 0.29) is 17.9 Å². The molecule has 30 heavy (non-hydrogen) atoms. The molecule has 3 fully saturated rings. The Morgan fingerprint density at radius 1 is 1.17 bits per heavy atom. The van der Waals surface area contributed by atoms with Gasteiger partial charge in [-0.3, -0.25) is 9.69 Å². The fraction of sp³-hybridized carbons (Fsp3) is 0.591. The molecule has 162 valence electrons. The van der Waals surface area contributed by atoms with E-state index in [2.05, 4.69) is 26.1 Å². The number of carbonyl (C=O) groups excluding carboxylic acids is 3. The Bertz CT molecular complexity index is 851. The van der Waals surface area contributed by atoms with Crippen molar-refractivity contribution in [2.24, 2.45) is 11.3 Å². The smallest absolute Gasteiger partial charge is 0.331 e. The molecule has 1 N–H and O–H groups in total. The quantitative estimate of drug-likeness (QED) is 0.423. The van der Waals surface area contributed by atoms with Crippen LogP contribution in [-0.2, 0) is 9.59 Å². The van der Waals surface area contributed by atoms with Gasteiger partial charge in [0.15, 0.2) is 0 Å². The third-order valence-corrected chi connectivity index (χ3v) is 9.02. The molecule has 4 rings (SSSR count). The van der Waals surface area contributed by atoms with Crippen molar-refractivity contribution < 1.29 is 19.1 Å². The average Bonchev–Trinajstić information content (AvgIpc) is 3.25. The van der Waals surface area contributed by atoms with Crippen LogP contribution < -0.4 is 10.1 Å². The van der Waals surface area contributed by atoms with Crippen LogP contribution in [0.1, 0.15) is 50.2 Å². The monoisotopic (exact) mass is 448 g/mol. The molecule has 0 bridgehead atoms. The van der Waals surface area contributed by atoms with Crippen molar-refractivity contribution in [3.63, 3.8) is 0 Å². The minimum Gasteiger partial charge on any atom is -0.425 e. The first-order valence-electron chi connectivity index (χ1n) is 10.4. The van der Waals surface area contributed by atoms with Gasteiger partial charge in [-0.2, -0.15) is 0 Å². The highest BCUT2D eigenvalue weighted by atomic mass is 32.2. The first-order valence-corrected chi connectivity index (χ1v) is 12.5. The highest BCUT2D eigenvalue weighted by molar-refractivity contribution is 8.19. The summed E-state index contributed by atoms with van der Waals surface area (Å²) in [6.07, 6.45) is 2.19. The maximum atomic E-state index is 13.1. The Morgan fingerprint density at radius 3 is 2.47 bits per heavy atom. The van der Waals surface area contributed by atoms with E-state index < -0.39 is 17.5 Å². The van der Waals surface area contributed by atoms with E-state index >= 15 is 0 Å². The van der Waals surface area contributed by atoms with Gasteiger partial charge < -0.3 is 10.1 Å². The Labute approximate surface area is 185 Å². The van der Waals surface area contributed by atoms with Crippen LogP contribution in [0.3, 0.4) is 0 Å². The van der Waals surface area contributed by atoms with Gasteiger partial charge in [0.2, 0.25) is 0 Å². The van der Waals surface area contributed by atoms with Gasteiger partial charge in [0, 0.05) is 11.5 Å². The van der Waals surface area contributed by atoms with E-state index in [0.29, 0.717) is 29.1 Å². The van der Waals surface area contributed by atoms with Crippen molar-refractivity contribution in [1.29, 1.82) is 0 Å². The molecular formula is C22H28N2O4S2. The van der Waals surface area contributed by atoms with Crippen LogP contribution in [0.2, 0.25) is 0 Å². The first-order chi connectivity index (χ1) is 14.2. The standard InChI is InChI=1S/C22H28N2O4S2/c1-14-10-21(2,3)13-22(11-14)19(26)24(20(27)23-22)12-17(25)28-16-6-4-15(5-7-16)18-29-8-9-30-18/h4-7,14,18H,8-13H2,1-3H3,(H,23,27). The average molecular weight is 449 g/mol. The molecule has 1 aliphatic carbocycles. The van der Waals surface area contributed by atoms with Crippen LogP contribution >= 0.6 is 23.5 Å². The lowest BCUT2D eigenvalue weighted by atomic mass is 9.64. The predicted octanol–water partition coefficient (Wildman–Crippen LogP) is 4.21. The van der Waals surface area contributed by atoms with Crippen LogP contribution in [0.25, 0.3) is 0 Å². The summed E-state index contributed by atoms with van der Waals surface area (Å²) in [6, 6.07) is 6.96. The molecule has 1 aromatic carbocycles. The van der Waals surface area contributed by atoms with Crippen LogP contribution in [0.5, 0.6) is 5.75 Å². The maximum Gasteiger partial charge on any atom is 0.331 e. The molecule has 2 heterocycles. The third-order valence-electron chi connectivity index (χ3n) is 5.92. The molecule has 2 saturated heterocycles. The van der Waals surface area contributed by atoms with Gasteiger partial charge in [0.25, 0.3) is 5.91 Å². The zero-order valence-corrected chi connectivity index (χ0v) is 19.2. The Balaban J connectivity index is 1.39. The van der Waals surface area contributed by atoms with Crippen molar-refractivity contribution in [3.05, 3.63) is 29.8 Å². The van der Waals surface area contributed by atoms with E-state index in [1.165, 1.54) is 5.56 Å². The zero-order chi connectivity index (χ0) is 21.5. The highest BCUT2D eigenvalue weighted by Crippen LogP contribution is 2.46. The highest BCUT2D eigenvalue weighted by Gasteiger charge is 2.56. The van der Waals surface area contributed by atoms with Gasteiger partial charge >= 0.3 is 12.0 Å². The molecule has 3 amide bonds. The number of esters is 1. The summed E-state index contributed by atoms with van der Waals surface area (Å²) < 4.78 is 5.83. The predicted molar refractivity (Wildman–Crippen MR) is 120 cm³/mol. The Kier molecular flexibility index (Phi) is 5.83. The van der Waals surface area contributed by atoms with E-state index in [4.69, 9.17) is 4.74 Å². The van der Waals surface area contributed by atoms with Crippen molar-refractivity contribution in [3.8, 4) is 5.75 Å². The van der Waals surface area contributed by atoms with E-state index in [9.17, 15) is 14.4 Å². The van der Waals surface area contributed by atoms with Crippen LogP contribution in [0, 0.1) is 11.3 Å². The number of benzene rings is 1. The number of hydrogen-bond acceptors (Lipinski definition) is 6. The van der Waals surface area contributed by atoms with Gasteiger partial charge in [0.1, 0.15) is 17.8 Å². The maximum absolute atomic E-state index is 13.1. The number of hydrogen-bond donors (Lipinski definition) is 1. The number of thioether (sulfide) groups is 2. The van der Waals surface area contributed by atoms with Crippen molar-refractivity contribution in [1.82, 2.24) is 10.2 Å². The lowest BCUT2D eigenvalue weighted by Gasteiger charge is -2.43. The lowest BCUT2D eigenvalue weighted by Crippen LogP contribution is -2.54. The number of rotatable bonds is 4. The minimum absolute atomic E-state index is 0.0469. The first kappa shape index (κ1) is 21.6.